The van der Waals surface area contributed by atoms with Crippen LogP contribution < -0.4 is 11.1 Å². The van der Waals surface area contributed by atoms with Crippen LogP contribution in [0.5, 0.6) is 0 Å². The van der Waals surface area contributed by atoms with Crippen LogP contribution in [0.2, 0.25) is 0 Å². The molecule has 1 saturated heterocycles. The molecular formula is C22H20FN7O2. The molecule has 3 N–H and O–H groups in total. The Kier molecular flexibility index (Phi) is 4.91. The number of carbonyl (C=O) groups excluding carboxylic acids is 1. The van der Waals surface area contributed by atoms with Gasteiger partial charge in [-0.25, -0.2) is 13.7 Å². The Morgan fingerprint density at radius 1 is 1.25 bits per heavy atom. The third kappa shape index (κ3) is 3.71. The Morgan fingerprint density at radius 2 is 2.12 bits per heavy atom. The van der Waals surface area contributed by atoms with Gasteiger partial charge in [0.25, 0.3) is 0 Å². The molecule has 1 aliphatic heterocycles. The summed E-state index contributed by atoms with van der Waals surface area (Å²) < 4.78 is 15.3. The number of halogens is 1. The van der Waals surface area contributed by atoms with Gasteiger partial charge in [-0.3, -0.25) is 9.82 Å². The average Bonchev–Trinajstić information content (AvgIpc) is 3.40. The number of aryl methyl sites for hydroxylation is 1. The Morgan fingerprint density at radius 3 is 2.97 bits per heavy atom. The normalized spacial score (nSPS) is 15.9. The number of hydrogen-bond acceptors (Lipinski definition) is 6. The van der Waals surface area contributed by atoms with Crippen molar-refractivity contribution in [3.63, 3.8) is 0 Å². The lowest BCUT2D eigenvalue weighted by Gasteiger charge is -2.23. The van der Waals surface area contributed by atoms with Gasteiger partial charge in [-0.05, 0) is 42.8 Å². The standard InChI is InChI=1S/C22H20FN7O2/c1-13-18(10-16(11-25-13)15-5-6-20-27-21(24)28-29(20)12-15)26-22(31)30-19(7-8-32-30)14-3-2-4-17(23)9-14/h2-6,9-12,19H,7-8H2,1H3,(H2,24,28)(H,26,31)/t19-/m0/s1. The van der Waals surface area contributed by atoms with Crippen molar-refractivity contribution < 1.29 is 14.0 Å². The number of nitrogens with two attached hydrogens (primary N) is 1. The minimum atomic E-state index is -0.446. The molecule has 0 saturated carbocycles. The first-order valence-corrected chi connectivity index (χ1v) is 10.1. The summed E-state index contributed by atoms with van der Waals surface area (Å²) in [4.78, 5) is 27.1. The average molecular weight is 433 g/mol. The van der Waals surface area contributed by atoms with E-state index in [1.54, 1.807) is 42.0 Å². The van der Waals surface area contributed by atoms with Crippen molar-refractivity contribution in [3.05, 3.63) is 71.9 Å². The molecule has 0 aliphatic carbocycles. The Balaban J connectivity index is 1.40. The maximum Gasteiger partial charge on any atom is 0.346 e. The first-order valence-electron chi connectivity index (χ1n) is 10.1. The molecule has 3 aromatic heterocycles. The summed E-state index contributed by atoms with van der Waals surface area (Å²) in [5.41, 5.74) is 9.78. The van der Waals surface area contributed by atoms with Crippen molar-refractivity contribution in [1.29, 1.82) is 0 Å². The van der Waals surface area contributed by atoms with Crippen LogP contribution in [0.25, 0.3) is 16.8 Å². The first-order chi connectivity index (χ1) is 15.5. The molecule has 1 aliphatic rings. The molecule has 2 amide bonds. The molecule has 1 fully saturated rings. The second-order valence-electron chi connectivity index (χ2n) is 7.50. The molecule has 0 spiro atoms. The van der Waals surface area contributed by atoms with Gasteiger partial charge in [0.1, 0.15) is 5.82 Å². The summed E-state index contributed by atoms with van der Waals surface area (Å²) in [7, 11) is 0. The quantitative estimate of drug-likeness (QED) is 0.509. The van der Waals surface area contributed by atoms with Gasteiger partial charge in [0, 0.05) is 29.9 Å². The van der Waals surface area contributed by atoms with Crippen molar-refractivity contribution in [2.75, 3.05) is 17.7 Å². The highest BCUT2D eigenvalue weighted by Gasteiger charge is 2.32. The molecule has 32 heavy (non-hydrogen) atoms. The molecule has 4 aromatic rings. The summed E-state index contributed by atoms with van der Waals surface area (Å²) >= 11 is 0. The first kappa shape index (κ1) is 19.9. The van der Waals surface area contributed by atoms with Gasteiger partial charge in [0.15, 0.2) is 5.65 Å². The number of hydroxylamine groups is 2. The number of nitrogens with zero attached hydrogens (tertiary/aromatic N) is 5. The van der Waals surface area contributed by atoms with Crippen molar-refractivity contribution in [2.24, 2.45) is 0 Å². The lowest BCUT2D eigenvalue weighted by molar-refractivity contribution is -0.0830. The fraction of sp³-hybridized carbons (Fsp3) is 0.182. The summed E-state index contributed by atoms with van der Waals surface area (Å²) in [5, 5.41) is 8.25. The Bertz CT molecular complexity index is 1320. The number of pyridine rings is 2. The molecule has 1 atom stereocenters. The highest BCUT2D eigenvalue weighted by Crippen LogP contribution is 2.32. The van der Waals surface area contributed by atoms with E-state index in [1.165, 1.54) is 17.2 Å². The number of hydrogen-bond donors (Lipinski definition) is 2. The van der Waals surface area contributed by atoms with Crippen LogP contribution in [0.1, 0.15) is 23.7 Å². The predicted molar refractivity (Wildman–Crippen MR) is 116 cm³/mol. The number of nitrogen functional groups attached to an aromatic ring is 1. The zero-order chi connectivity index (χ0) is 22.2. The third-order valence-corrected chi connectivity index (χ3v) is 5.35. The second kappa shape index (κ2) is 7.89. The van der Waals surface area contributed by atoms with Gasteiger partial charge in [-0.2, -0.15) is 10.0 Å². The van der Waals surface area contributed by atoms with Crippen LogP contribution in [0.3, 0.4) is 0 Å². The number of amides is 2. The van der Waals surface area contributed by atoms with Crippen LogP contribution >= 0.6 is 0 Å². The van der Waals surface area contributed by atoms with Crippen LogP contribution in [0.15, 0.2) is 54.9 Å². The SMILES string of the molecule is Cc1ncc(-c2ccc3nc(N)nn3c2)cc1NC(=O)N1OCC[C@H]1c1cccc(F)c1. The van der Waals surface area contributed by atoms with Crippen LogP contribution in [-0.2, 0) is 4.84 Å². The van der Waals surface area contributed by atoms with Gasteiger partial charge < -0.3 is 11.1 Å². The molecule has 10 heteroatoms. The number of urea groups is 1. The monoisotopic (exact) mass is 433 g/mol. The van der Waals surface area contributed by atoms with Crippen LogP contribution in [0, 0.1) is 12.7 Å². The van der Waals surface area contributed by atoms with Gasteiger partial charge >= 0.3 is 6.03 Å². The molecule has 0 bridgehead atoms. The highest BCUT2D eigenvalue weighted by molar-refractivity contribution is 5.90. The zero-order valence-corrected chi connectivity index (χ0v) is 17.2. The second-order valence-corrected chi connectivity index (χ2v) is 7.50. The number of benzene rings is 1. The Hall–Kier alpha value is -4.05. The van der Waals surface area contributed by atoms with Crippen LogP contribution in [-0.4, -0.2) is 37.3 Å². The molecule has 9 nitrogen and oxygen atoms in total. The van der Waals surface area contributed by atoms with Gasteiger partial charge in [0.05, 0.1) is 24.0 Å². The van der Waals surface area contributed by atoms with E-state index in [2.05, 4.69) is 20.4 Å². The molecule has 4 heterocycles. The number of nitrogens with one attached hydrogen (secondary N) is 1. The zero-order valence-electron chi connectivity index (χ0n) is 17.2. The summed E-state index contributed by atoms with van der Waals surface area (Å²) in [6.07, 6.45) is 4.09. The fourth-order valence-electron chi connectivity index (χ4n) is 3.74. The van der Waals surface area contributed by atoms with Crippen molar-refractivity contribution in [1.82, 2.24) is 24.6 Å². The maximum atomic E-state index is 13.7. The van der Waals surface area contributed by atoms with Crippen molar-refractivity contribution in [3.8, 4) is 11.1 Å². The Labute approximate surface area is 182 Å². The topological polar surface area (TPSA) is 111 Å². The molecule has 0 unspecified atom stereocenters. The van der Waals surface area contributed by atoms with E-state index < -0.39 is 6.03 Å². The predicted octanol–water partition coefficient (Wildman–Crippen LogP) is 3.73. The van der Waals surface area contributed by atoms with Gasteiger partial charge in [0.2, 0.25) is 5.95 Å². The summed E-state index contributed by atoms with van der Waals surface area (Å²) in [5.74, 6) is -0.163. The van der Waals surface area contributed by atoms with Crippen molar-refractivity contribution >= 4 is 23.3 Å². The molecule has 1 aromatic carbocycles. The number of rotatable bonds is 3. The highest BCUT2D eigenvalue weighted by atomic mass is 19.1. The minimum Gasteiger partial charge on any atom is -0.366 e. The lowest BCUT2D eigenvalue weighted by Crippen LogP contribution is -2.33. The number of carbonyl (C=O) groups is 1. The molecule has 162 valence electrons. The number of aromatic nitrogens is 4. The van der Waals surface area contributed by atoms with E-state index in [1.807, 2.05) is 12.1 Å². The van der Waals surface area contributed by atoms with E-state index in [0.29, 0.717) is 35.6 Å². The third-order valence-electron chi connectivity index (χ3n) is 5.35. The molecular weight excluding hydrogens is 413 g/mol. The number of fused-ring (bicyclic) bond motifs is 1. The maximum absolute atomic E-state index is 13.7. The smallest absolute Gasteiger partial charge is 0.346 e. The largest absolute Gasteiger partial charge is 0.366 e. The summed E-state index contributed by atoms with van der Waals surface area (Å²) in [6, 6.07) is 10.9. The van der Waals surface area contributed by atoms with E-state index in [9.17, 15) is 9.18 Å². The van der Waals surface area contributed by atoms with E-state index in [4.69, 9.17) is 10.6 Å². The summed E-state index contributed by atoms with van der Waals surface area (Å²) in [6.45, 7) is 2.17. The van der Waals surface area contributed by atoms with Gasteiger partial charge in [-0.15, -0.1) is 5.10 Å². The van der Waals surface area contributed by atoms with E-state index in [-0.39, 0.29) is 17.8 Å². The van der Waals surface area contributed by atoms with Crippen molar-refractivity contribution in [2.45, 2.75) is 19.4 Å². The van der Waals surface area contributed by atoms with E-state index >= 15 is 0 Å². The minimum absolute atomic E-state index is 0.190. The fourth-order valence-corrected chi connectivity index (χ4v) is 3.74. The van der Waals surface area contributed by atoms with E-state index in [0.717, 1.165) is 11.1 Å². The number of anilines is 2. The van der Waals surface area contributed by atoms with Crippen LogP contribution in [0.4, 0.5) is 20.8 Å². The molecule has 0 radical (unpaired) electrons. The molecule has 5 rings (SSSR count). The van der Waals surface area contributed by atoms with Gasteiger partial charge in [-0.1, -0.05) is 12.1 Å². The lowest BCUT2D eigenvalue weighted by atomic mass is 10.0.